The van der Waals surface area contributed by atoms with Gasteiger partial charge in [-0.1, -0.05) is 24.3 Å². The third-order valence-electron chi connectivity index (χ3n) is 3.98. The molecule has 108 valence electrons. The van der Waals surface area contributed by atoms with Gasteiger partial charge in [-0.3, -0.25) is 4.79 Å². The minimum atomic E-state index is 0.144. The number of benzene rings is 2. The van der Waals surface area contributed by atoms with Gasteiger partial charge in [0, 0.05) is 16.3 Å². The number of nitrogens with zero attached hydrogens (tertiary/aromatic N) is 1. The topological polar surface area (TPSA) is 32.3 Å². The molecule has 1 amide bonds. The quantitative estimate of drug-likeness (QED) is 0.815. The normalized spacial score (nSPS) is 15.2. The van der Waals surface area contributed by atoms with Gasteiger partial charge in [-0.2, -0.15) is 0 Å². The summed E-state index contributed by atoms with van der Waals surface area (Å²) in [4.78, 5) is 13.5. The van der Waals surface area contributed by atoms with Crippen LogP contribution in [0.3, 0.4) is 0 Å². The van der Waals surface area contributed by atoms with E-state index in [0.29, 0.717) is 6.42 Å². The van der Waals surface area contributed by atoms with Gasteiger partial charge in [0.25, 0.3) is 0 Å². The second kappa shape index (κ2) is 5.77. The van der Waals surface area contributed by atoms with Gasteiger partial charge in [-0.15, -0.1) is 0 Å². The molecule has 3 rings (SSSR count). The molecule has 1 aliphatic rings. The van der Waals surface area contributed by atoms with Crippen LogP contribution in [0.5, 0.6) is 0 Å². The van der Waals surface area contributed by atoms with E-state index in [2.05, 4.69) is 64.3 Å². The second-order valence-corrected chi connectivity index (χ2v) is 6.54. The van der Waals surface area contributed by atoms with Crippen molar-refractivity contribution in [3.8, 4) is 0 Å². The van der Waals surface area contributed by atoms with Crippen molar-refractivity contribution < 1.29 is 4.79 Å². The highest BCUT2D eigenvalue weighted by Crippen LogP contribution is 2.32. The zero-order valence-corrected chi connectivity index (χ0v) is 14.2. The number of carbonyl (C=O) groups is 1. The maximum atomic E-state index is 11.8. The summed E-state index contributed by atoms with van der Waals surface area (Å²) in [5, 5.41) is 3.37. The average molecular weight is 392 g/mol. The third kappa shape index (κ3) is 2.70. The number of hydrogen-bond donors (Lipinski definition) is 1. The molecule has 1 aliphatic heterocycles. The van der Waals surface area contributed by atoms with Crippen LogP contribution in [0, 0.1) is 3.57 Å². The molecule has 0 spiro atoms. The number of likely N-dealkylation sites (N-methyl/N-ethyl adjacent to an activating group) is 1. The lowest BCUT2D eigenvalue weighted by Crippen LogP contribution is -2.20. The number of nitrogens with one attached hydrogen (secondary N) is 1. The van der Waals surface area contributed by atoms with Crippen molar-refractivity contribution in [2.75, 3.05) is 19.0 Å². The molecular formula is C17H17IN2O. The van der Waals surface area contributed by atoms with E-state index in [-0.39, 0.29) is 11.9 Å². The Morgan fingerprint density at radius 3 is 2.67 bits per heavy atom. The number of halogens is 1. The molecule has 4 heteroatoms. The van der Waals surface area contributed by atoms with Gasteiger partial charge in [0.05, 0.1) is 12.5 Å². The Balaban J connectivity index is 2.00. The Hall–Kier alpha value is -1.40. The van der Waals surface area contributed by atoms with Crippen LogP contribution in [0.2, 0.25) is 0 Å². The van der Waals surface area contributed by atoms with Gasteiger partial charge in [0.15, 0.2) is 0 Å². The maximum absolute atomic E-state index is 11.8. The van der Waals surface area contributed by atoms with E-state index in [4.69, 9.17) is 0 Å². The number of carbonyl (C=O) groups excluding carboxylic acids is 1. The molecule has 0 bridgehead atoms. The van der Waals surface area contributed by atoms with E-state index in [1.165, 1.54) is 14.7 Å². The minimum Gasteiger partial charge on any atom is -0.315 e. The summed E-state index contributed by atoms with van der Waals surface area (Å²) >= 11 is 2.33. The van der Waals surface area contributed by atoms with E-state index in [9.17, 15) is 4.79 Å². The number of anilines is 1. The first-order chi connectivity index (χ1) is 10.1. The third-order valence-corrected chi connectivity index (χ3v) is 4.66. The highest BCUT2D eigenvalue weighted by atomic mass is 127. The van der Waals surface area contributed by atoms with E-state index in [0.717, 1.165) is 11.3 Å². The Bertz CT molecular complexity index is 699. The molecule has 2 aromatic rings. The summed E-state index contributed by atoms with van der Waals surface area (Å²) in [5.74, 6) is 0.164. The molecule has 0 saturated carbocycles. The standard InChI is InChI=1S/C17H17IN2O/c1-19-17(11-4-3-5-14(18)9-11)12-6-7-15-13(8-12)10-16(21)20(15)2/h3-9,17,19H,10H2,1-2H3. The van der Waals surface area contributed by atoms with Crippen molar-refractivity contribution in [2.45, 2.75) is 12.5 Å². The minimum absolute atomic E-state index is 0.144. The predicted octanol–water partition coefficient (Wildman–Crippen LogP) is 3.12. The van der Waals surface area contributed by atoms with Gasteiger partial charge in [-0.05, 0) is 64.5 Å². The first-order valence-corrected chi connectivity index (χ1v) is 8.00. The number of hydrogen-bond acceptors (Lipinski definition) is 2. The molecule has 2 aromatic carbocycles. The van der Waals surface area contributed by atoms with Gasteiger partial charge in [0.2, 0.25) is 5.91 Å². The van der Waals surface area contributed by atoms with Crippen LogP contribution in [-0.4, -0.2) is 20.0 Å². The Morgan fingerprint density at radius 2 is 1.95 bits per heavy atom. The summed E-state index contributed by atoms with van der Waals surface area (Å²) in [5.41, 5.74) is 4.58. The van der Waals surface area contributed by atoms with Crippen LogP contribution in [-0.2, 0) is 11.2 Å². The second-order valence-electron chi connectivity index (χ2n) is 5.29. The van der Waals surface area contributed by atoms with Crippen LogP contribution in [0.25, 0.3) is 0 Å². The van der Waals surface area contributed by atoms with Crippen LogP contribution in [0.4, 0.5) is 5.69 Å². The summed E-state index contributed by atoms with van der Waals surface area (Å²) in [6.07, 6.45) is 0.502. The fraction of sp³-hybridized carbons (Fsp3) is 0.235. The lowest BCUT2D eigenvalue weighted by molar-refractivity contribution is -0.117. The molecule has 0 aliphatic carbocycles. The van der Waals surface area contributed by atoms with E-state index in [1.807, 2.05) is 20.2 Å². The first-order valence-electron chi connectivity index (χ1n) is 6.92. The van der Waals surface area contributed by atoms with E-state index < -0.39 is 0 Å². The van der Waals surface area contributed by atoms with Crippen molar-refractivity contribution in [1.29, 1.82) is 0 Å². The predicted molar refractivity (Wildman–Crippen MR) is 93.6 cm³/mol. The molecule has 0 radical (unpaired) electrons. The summed E-state index contributed by atoms with van der Waals surface area (Å²) in [6.45, 7) is 0. The Kier molecular flexibility index (Phi) is 3.99. The van der Waals surface area contributed by atoms with Crippen LogP contribution in [0.1, 0.15) is 22.7 Å². The van der Waals surface area contributed by atoms with Crippen molar-refractivity contribution in [3.05, 3.63) is 62.7 Å². The molecule has 21 heavy (non-hydrogen) atoms. The average Bonchev–Trinajstić information content (AvgIpc) is 2.75. The maximum Gasteiger partial charge on any atom is 0.231 e. The number of rotatable bonds is 3. The molecular weight excluding hydrogens is 375 g/mol. The summed E-state index contributed by atoms with van der Waals surface area (Å²) < 4.78 is 1.22. The largest absolute Gasteiger partial charge is 0.315 e. The Morgan fingerprint density at radius 1 is 1.19 bits per heavy atom. The molecule has 3 nitrogen and oxygen atoms in total. The van der Waals surface area contributed by atoms with Gasteiger partial charge in [-0.25, -0.2) is 0 Å². The van der Waals surface area contributed by atoms with Crippen molar-refractivity contribution in [1.82, 2.24) is 5.32 Å². The van der Waals surface area contributed by atoms with Crippen molar-refractivity contribution in [3.63, 3.8) is 0 Å². The zero-order valence-electron chi connectivity index (χ0n) is 12.1. The molecule has 0 aromatic heterocycles. The molecule has 1 N–H and O–H groups in total. The number of fused-ring (bicyclic) bond motifs is 1. The van der Waals surface area contributed by atoms with Crippen molar-refractivity contribution >= 4 is 34.2 Å². The molecule has 1 heterocycles. The number of amides is 1. The zero-order chi connectivity index (χ0) is 15.0. The molecule has 1 atom stereocenters. The van der Waals surface area contributed by atoms with Crippen LogP contribution >= 0.6 is 22.6 Å². The fourth-order valence-electron chi connectivity index (χ4n) is 2.88. The highest BCUT2D eigenvalue weighted by Gasteiger charge is 2.25. The van der Waals surface area contributed by atoms with E-state index >= 15 is 0 Å². The van der Waals surface area contributed by atoms with Gasteiger partial charge < -0.3 is 10.2 Å². The molecule has 1 unspecified atom stereocenters. The molecule has 0 fully saturated rings. The van der Waals surface area contributed by atoms with E-state index in [1.54, 1.807) is 4.90 Å². The Labute approximate surface area is 138 Å². The van der Waals surface area contributed by atoms with Crippen molar-refractivity contribution in [2.24, 2.45) is 0 Å². The smallest absolute Gasteiger partial charge is 0.231 e. The van der Waals surface area contributed by atoms with Gasteiger partial charge >= 0.3 is 0 Å². The fourth-order valence-corrected chi connectivity index (χ4v) is 3.45. The van der Waals surface area contributed by atoms with Crippen LogP contribution < -0.4 is 10.2 Å². The SMILES string of the molecule is CNC(c1cccc(I)c1)c1ccc2c(c1)CC(=O)N2C. The van der Waals surface area contributed by atoms with Gasteiger partial charge in [0.1, 0.15) is 0 Å². The van der Waals surface area contributed by atoms with Crippen LogP contribution in [0.15, 0.2) is 42.5 Å². The highest BCUT2D eigenvalue weighted by molar-refractivity contribution is 14.1. The molecule has 0 saturated heterocycles. The summed E-state index contributed by atoms with van der Waals surface area (Å²) in [7, 11) is 3.80. The summed E-state index contributed by atoms with van der Waals surface area (Å²) in [6, 6.07) is 14.9. The lowest BCUT2D eigenvalue weighted by Gasteiger charge is -2.19. The first kappa shape index (κ1) is 14.5. The lowest BCUT2D eigenvalue weighted by atomic mass is 9.96. The monoisotopic (exact) mass is 392 g/mol.